The fourth-order valence-electron chi connectivity index (χ4n) is 2.29. The predicted molar refractivity (Wildman–Crippen MR) is 126 cm³/mol. The number of nitrogens with one attached hydrogen (secondary N) is 2. The molecule has 8 heteroatoms. The molecule has 0 spiro atoms. The van der Waals surface area contributed by atoms with Crippen LogP contribution in [0.3, 0.4) is 0 Å². The summed E-state index contributed by atoms with van der Waals surface area (Å²) in [5, 5.41) is 13.4. The molecular weight excluding hydrogens is 442 g/mol. The van der Waals surface area contributed by atoms with E-state index >= 15 is 0 Å². The molecule has 1 atom stereocenters. The smallest absolute Gasteiger partial charge is 0.290 e. The largest absolute Gasteiger partial charge is 0.483 e. The summed E-state index contributed by atoms with van der Waals surface area (Å²) in [5.41, 5.74) is 2.75. The van der Waals surface area contributed by atoms with E-state index in [9.17, 15) is 9.18 Å². The first kappa shape index (κ1) is 28.9. The van der Waals surface area contributed by atoms with Crippen LogP contribution in [-0.4, -0.2) is 24.5 Å². The molecule has 31 heavy (non-hydrogen) atoms. The Kier molecular flexibility index (Phi) is 13.8. The maximum atomic E-state index is 13.6. The van der Waals surface area contributed by atoms with Gasteiger partial charge in [-0.15, -0.1) is 0 Å². The second kappa shape index (κ2) is 14.8. The van der Waals surface area contributed by atoms with Gasteiger partial charge in [0.15, 0.2) is 0 Å². The average Bonchev–Trinajstić information content (AvgIpc) is 2.65. The Hall–Kier alpha value is -2.15. The molecule has 0 saturated carbocycles. The molecule has 2 aromatic carbocycles. The third kappa shape index (κ3) is 13.7. The molecule has 2 rings (SSSR count). The van der Waals surface area contributed by atoms with Gasteiger partial charge in [0.25, 0.3) is 6.47 Å². The summed E-state index contributed by atoms with van der Waals surface area (Å²) in [4.78, 5) is 19.0. The molecule has 0 saturated heterocycles. The van der Waals surface area contributed by atoms with Gasteiger partial charge in [0.1, 0.15) is 5.82 Å². The predicted octanol–water partition coefficient (Wildman–Crippen LogP) is 6.35. The van der Waals surface area contributed by atoms with Crippen molar-refractivity contribution in [3.05, 3.63) is 63.4 Å². The van der Waals surface area contributed by atoms with E-state index < -0.39 is 5.82 Å². The van der Waals surface area contributed by atoms with Crippen LogP contribution in [0.4, 0.5) is 10.1 Å². The molecule has 0 radical (unpaired) electrons. The number of carbonyl (C=O) groups is 2. The van der Waals surface area contributed by atoms with Crippen LogP contribution in [0.25, 0.3) is 0 Å². The summed E-state index contributed by atoms with van der Waals surface area (Å²) >= 11 is 11.7. The van der Waals surface area contributed by atoms with Crippen LogP contribution in [-0.2, 0) is 16.1 Å². The lowest BCUT2D eigenvalue weighted by atomic mass is 10.0. The Bertz CT molecular complexity index is 821. The van der Waals surface area contributed by atoms with Crippen molar-refractivity contribution >= 4 is 41.8 Å². The van der Waals surface area contributed by atoms with Gasteiger partial charge >= 0.3 is 0 Å². The summed E-state index contributed by atoms with van der Waals surface area (Å²) in [6.07, 6.45) is 0.543. The molecule has 0 aliphatic carbocycles. The second-order valence-electron chi connectivity index (χ2n) is 8.38. The molecular formula is C23H31Cl2FN2O3. The first-order valence-corrected chi connectivity index (χ1v) is 10.4. The summed E-state index contributed by atoms with van der Waals surface area (Å²) in [6.45, 7) is 11.7. The molecule has 2 aromatic rings. The van der Waals surface area contributed by atoms with E-state index in [2.05, 4.69) is 45.3 Å². The number of halogens is 3. The van der Waals surface area contributed by atoms with Crippen LogP contribution >= 0.6 is 23.2 Å². The molecule has 0 bridgehead atoms. The SMILES string of the molecule is CC(C)(C)C.CC(CNCc1cc(F)c(Cl)cc1NC=O)c1cccc(Cl)c1.O=CO. The van der Waals surface area contributed by atoms with Crippen LogP contribution in [0.1, 0.15) is 51.7 Å². The van der Waals surface area contributed by atoms with Crippen molar-refractivity contribution in [1.29, 1.82) is 0 Å². The first-order chi connectivity index (χ1) is 14.4. The van der Waals surface area contributed by atoms with Crippen molar-refractivity contribution < 1.29 is 19.1 Å². The third-order valence-corrected chi connectivity index (χ3v) is 4.07. The van der Waals surface area contributed by atoms with Crippen molar-refractivity contribution in [3.8, 4) is 0 Å². The maximum absolute atomic E-state index is 13.6. The van der Waals surface area contributed by atoms with Crippen molar-refractivity contribution in [2.75, 3.05) is 11.9 Å². The highest BCUT2D eigenvalue weighted by atomic mass is 35.5. The number of carbonyl (C=O) groups excluding carboxylic acids is 1. The zero-order valence-electron chi connectivity index (χ0n) is 18.5. The number of anilines is 1. The van der Waals surface area contributed by atoms with Crippen molar-refractivity contribution in [3.63, 3.8) is 0 Å². The van der Waals surface area contributed by atoms with E-state index in [-0.39, 0.29) is 17.4 Å². The van der Waals surface area contributed by atoms with Gasteiger partial charge in [0, 0.05) is 23.8 Å². The van der Waals surface area contributed by atoms with Gasteiger partial charge in [-0.2, -0.15) is 0 Å². The minimum absolute atomic E-state index is 0.0228. The van der Waals surface area contributed by atoms with Crippen LogP contribution in [0.15, 0.2) is 36.4 Å². The Morgan fingerprint density at radius 1 is 1.13 bits per heavy atom. The van der Waals surface area contributed by atoms with Crippen molar-refractivity contribution in [1.82, 2.24) is 5.32 Å². The van der Waals surface area contributed by atoms with Gasteiger partial charge in [-0.05, 0) is 46.7 Å². The van der Waals surface area contributed by atoms with E-state index in [1.807, 2.05) is 24.3 Å². The fourth-order valence-corrected chi connectivity index (χ4v) is 2.65. The molecule has 1 unspecified atom stereocenters. The number of amides is 1. The maximum Gasteiger partial charge on any atom is 0.290 e. The molecule has 0 heterocycles. The lowest BCUT2D eigenvalue weighted by Crippen LogP contribution is -2.20. The van der Waals surface area contributed by atoms with Gasteiger partial charge in [0.05, 0.1) is 5.02 Å². The number of hydrogen-bond donors (Lipinski definition) is 3. The zero-order valence-corrected chi connectivity index (χ0v) is 20.0. The topological polar surface area (TPSA) is 78.4 Å². The molecule has 0 aliphatic heterocycles. The second-order valence-corrected chi connectivity index (χ2v) is 9.22. The van der Waals surface area contributed by atoms with Crippen molar-refractivity contribution in [2.45, 2.75) is 47.1 Å². The fraction of sp³-hybridized carbons (Fsp3) is 0.391. The highest BCUT2D eigenvalue weighted by Crippen LogP contribution is 2.24. The van der Waals surface area contributed by atoms with Crippen LogP contribution < -0.4 is 10.6 Å². The molecule has 172 valence electrons. The van der Waals surface area contributed by atoms with Gasteiger partial charge in [-0.1, -0.05) is 70.0 Å². The highest BCUT2D eigenvalue weighted by molar-refractivity contribution is 6.31. The Morgan fingerprint density at radius 3 is 2.23 bits per heavy atom. The van der Waals surface area contributed by atoms with E-state index in [1.165, 1.54) is 12.1 Å². The molecule has 0 fully saturated rings. The zero-order chi connectivity index (χ0) is 24.0. The molecule has 0 aromatic heterocycles. The Labute approximate surface area is 194 Å². The molecule has 0 aliphatic rings. The summed E-state index contributed by atoms with van der Waals surface area (Å²) in [6, 6.07) is 10.4. The third-order valence-electron chi connectivity index (χ3n) is 3.54. The van der Waals surface area contributed by atoms with Crippen LogP contribution in [0, 0.1) is 11.2 Å². The summed E-state index contributed by atoms with van der Waals surface area (Å²) in [7, 11) is 0. The van der Waals surface area contributed by atoms with E-state index in [0.717, 1.165) is 5.56 Å². The lowest BCUT2D eigenvalue weighted by Gasteiger charge is -2.15. The van der Waals surface area contributed by atoms with Gasteiger partial charge in [0.2, 0.25) is 6.41 Å². The Morgan fingerprint density at radius 2 is 1.71 bits per heavy atom. The minimum atomic E-state index is -0.511. The van der Waals surface area contributed by atoms with Gasteiger partial charge < -0.3 is 15.7 Å². The quantitative estimate of drug-likeness (QED) is 0.410. The number of carboxylic acid groups (broad SMARTS) is 1. The molecule has 5 nitrogen and oxygen atoms in total. The van der Waals surface area contributed by atoms with E-state index in [0.29, 0.717) is 41.2 Å². The summed E-state index contributed by atoms with van der Waals surface area (Å²) in [5.74, 6) is -0.267. The minimum Gasteiger partial charge on any atom is -0.483 e. The normalized spacial score (nSPS) is 11.2. The molecule has 1 amide bonds. The van der Waals surface area contributed by atoms with Crippen LogP contribution in [0.5, 0.6) is 0 Å². The molecule has 3 N–H and O–H groups in total. The van der Waals surface area contributed by atoms with Crippen molar-refractivity contribution in [2.24, 2.45) is 5.41 Å². The van der Waals surface area contributed by atoms with E-state index in [1.54, 1.807) is 0 Å². The number of rotatable bonds is 7. The van der Waals surface area contributed by atoms with Gasteiger partial charge in [-0.25, -0.2) is 4.39 Å². The van der Waals surface area contributed by atoms with Gasteiger partial charge in [-0.3, -0.25) is 9.59 Å². The number of benzene rings is 2. The monoisotopic (exact) mass is 472 g/mol. The highest BCUT2D eigenvalue weighted by Gasteiger charge is 2.10. The average molecular weight is 473 g/mol. The summed E-state index contributed by atoms with van der Waals surface area (Å²) < 4.78 is 13.6. The Balaban J connectivity index is 0.000000968. The number of hydrogen-bond acceptors (Lipinski definition) is 3. The standard InChI is InChI=1S/C17H17Cl2FN2O.C5H12.CH2O2/c1-11(12-3-2-4-14(18)5-12)8-21-9-13-6-16(20)15(19)7-17(13)22-10-23;1-5(2,3)4;2-1-3/h2-7,10-11,21H,8-9H2,1H3,(H,22,23);1-4H3;1H,(H,2,3). The first-order valence-electron chi connectivity index (χ1n) is 9.65. The van der Waals surface area contributed by atoms with E-state index in [4.69, 9.17) is 33.1 Å². The lowest BCUT2D eigenvalue weighted by molar-refractivity contribution is -0.122. The van der Waals surface area contributed by atoms with Crippen LogP contribution in [0.2, 0.25) is 10.0 Å².